The number of hydrazine groups is 1. The van der Waals surface area contributed by atoms with Crippen molar-refractivity contribution in [3.63, 3.8) is 0 Å². The Kier molecular flexibility index (Phi) is 5.11. The Balaban J connectivity index is 1.68. The Hall–Kier alpha value is -3.12. The van der Waals surface area contributed by atoms with Crippen LogP contribution < -0.4 is 16.0 Å². The van der Waals surface area contributed by atoms with Gasteiger partial charge in [-0.15, -0.1) is 0 Å². The van der Waals surface area contributed by atoms with Crippen LogP contribution in [0.2, 0.25) is 0 Å². The maximum atomic E-state index is 11.9. The molecule has 1 aromatic heterocycles. The normalized spacial score (nSPS) is 10.5. The fourth-order valence-corrected chi connectivity index (χ4v) is 2.63. The van der Waals surface area contributed by atoms with Gasteiger partial charge >= 0.3 is 0 Å². The van der Waals surface area contributed by atoms with Gasteiger partial charge in [-0.1, -0.05) is 30.3 Å². The van der Waals surface area contributed by atoms with Crippen molar-refractivity contribution in [1.29, 1.82) is 0 Å². The fraction of sp³-hybridized carbons (Fsp3) is 0.158. The summed E-state index contributed by atoms with van der Waals surface area (Å²) in [5.74, 6) is 5.65. The molecule has 0 bridgehead atoms. The van der Waals surface area contributed by atoms with E-state index in [9.17, 15) is 4.79 Å². The van der Waals surface area contributed by atoms with Crippen LogP contribution in [-0.2, 0) is 6.42 Å². The van der Waals surface area contributed by atoms with Crippen molar-refractivity contribution < 1.29 is 9.53 Å². The van der Waals surface area contributed by atoms with Crippen LogP contribution in [0.3, 0.4) is 0 Å². The lowest BCUT2D eigenvalue weighted by molar-refractivity contribution is 0.0954. The molecule has 6 heteroatoms. The number of nitrogens with two attached hydrogens (primary N) is 1. The van der Waals surface area contributed by atoms with E-state index < -0.39 is 0 Å². The van der Waals surface area contributed by atoms with Crippen molar-refractivity contribution in [2.75, 3.05) is 6.61 Å². The average molecular weight is 336 g/mol. The molecule has 25 heavy (non-hydrogen) atoms. The van der Waals surface area contributed by atoms with Crippen LogP contribution in [0.4, 0.5) is 0 Å². The lowest BCUT2D eigenvalue weighted by Gasteiger charge is -2.07. The molecule has 0 saturated carbocycles. The highest BCUT2D eigenvalue weighted by Crippen LogP contribution is 2.25. The van der Waals surface area contributed by atoms with Crippen molar-refractivity contribution in [2.45, 2.75) is 13.3 Å². The van der Waals surface area contributed by atoms with Gasteiger partial charge < -0.3 is 4.74 Å². The van der Waals surface area contributed by atoms with Crippen LogP contribution in [0.5, 0.6) is 5.75 Å². The van der Waals surface area contributed by atoms with Crippen molar-refractivity contribution in [3.05, 3.63) is 71.4 Å². The molecule has 3 rings (SSSR count). The minimum absolute atomic E-state index is 0.371. The second-order valence-electron chi connectivity index (χ2n) is 5.65. The topological polar surface area (TPSA) is 93.0 Å². The Labute approximate surface area is 146 Å². The first-order chi connectivity index (χ1) is 12.2. The van der Waals surface area contributed by atoms with E-state index in [-0.39, 0.29) is 5.91 Å². The first-order valence-electron chi connectivity index (χ1n) is 8.02. The van der Waals surface area contributed by atoms with Crippen LogP contribution >= 0.6 is 0 Å². The number of aromatic nitrogens is 2. The summed E-state index contributed by atoms with van der Waals surface area (Å²) in [5.41, 5.74) is 5.89. The molecule has 0 atom stereocenters. The summed E-state index contributed by atoms with van der Waals surface area (Å²) in [6.07, 6.45) is 0.849. The second-order valence-corrected chi connectivity index (χ2v) is 5.65. The van der Waals surface area contributed by atoms with Gasteiger partial charge in [0.25, 0.3) is 5.91 Å². The maximum Gasteiger partial charge on any atom is 0.269 e. The van der Waals surface area contributed by atoms with E-state index in [1.165, 1.54) is 5.56 Å². The highest BCUT2D eigenvalue weighted by atomic mass is 16.5. The smallest absolute Gasteiger partial charge is 0.269 e. The minimum Gasteiger partial charge on any atom is -0.493 e. The van der Waals surface area contributed by atoms with Gasteiger partial charge in [-0.3, -0.25) is 15.3 Å². The number of carbonyl (C=O) groups is 1. The molecule has 1 heterocycles. The molecule has 0 aliphatic carbocycles. The Morgan fingerprint density at radius 2 is 1.88 bits per heavy atom. The molecule has 1 amide bonds. The highest BCUT2D eigenvalue weighted by Gasteiger charge is 2.18. The van der Waals surface area contributed by atoms with Gasteiger partial charge in [0.2, 0.25) is 0 Å². The van der Waals surface area contributed by atoms with Gasteiger partial charge in [0, 0.05) is 17.7 Å². The van der Waals surface area contributed by atoms with E-state index in [1.54, 1.807) is 6.92 Å². The third-order valence-electron chi connectivity index (χ3n) is 3.94. The van der Waals surface area contributed by atoms with Gasteiger partial charge in [0.1, 0.15) is 11.4 Å². The summed E-state index contributed by atoms with van der Waals surface area (Å²) >= 11 is 0. The zero-order valence-electron chi connectivity index (χ0n) is 14.0. The van der Waals surface area contributed by atoms with Gasteiger partial charge in [-0.2, -0.15) is 5.10 Å². The number of ether oxygens (including phenoxy) is 1. The van der Waals surface area contributed by atoms with E-state index in [4.69, 9.17) is 10.6 Å². The molecular weight excluding hydrogens is 316 g/mol. The SMILES string of the molecule is Cc1[nH]nc(-c2ccc(OCCc3ccccc3)cc2)c1C(=O)NN. The van der Waals surface area contributed by atoms with Gasteiger partial charge in [0.05, 0.1) is 12.2 Å². The third kappa shape index (κ3) is 3.87. The fourth-order valence-electron chi connectivity index (χ4n) is 2.63. The van der Waals surface area contributed by atoms with E-state index in [0.717, 1.165) is 17.7 Å². The first-order valence-corrected chi connectivity index (χ1v) is 8.02. The summed E-state index contributed by atoms with van der Waals surface area (Å²) in [6, 6.07) is 17.7. The zero-order valence-corrected chi connectivity index (χ0v) is 14.0. The molecule has 0 aliphatic heterocycles. The first kappa shape index (κ1) is 16.7. The van der Waals surface area contributed by atoms with Crippen LogP contribution in [0.1, 0.15) is 21.6 Å². The van der Waals surface area contributed by atoms with Crippen LogP contribution in [-0.4, -0.2) is 22.7 Å². The summed E-state index contributed by atoms with van der Waals surface area (Å²) in [4.78, 5) is 11.9. The quantitative estimate of drug-likeness (QED) is 0.366. The summed E-state index contributed by atoms with van der Waals surface area (Å²) in [6.45, 7) is 2.38. The molecule has 0 fully saturated rings. The summed E-state index contributed by atoms with van der Waals surface area (Å²) in [7, 11) is 0. The molecule has 0 spiro atoms. The number of carbonyl (C=O) groups excluding carboxylic acids is 1. The predicted molar refractivity (Wildman–Crippen MR) is 96.1 cm³/mol. The average Bonchev–Trinajstić information content (AvgIpc) is 3.04. The van der Waals surface area contributed by atoms with Gasteiger partial charge in [-0.05, 0) is 36.8 Å². The largest absolute Gasteiger partial charge is 0.493 e. The van der Waals surface area contributed by atoms with E-state index >= 15 is 0 Å². The molecule has 0 aliphatic rings. The molecule has 6 nitrogen and oxygen atoms in total. The Bertz CT molecular complexity index is 842. The van der Waals surface area contributed by atoms with Gasteiger partial charge in [-0.25, -0.2) is 5.84 Å². The number of hydrogen-bond acceptors (Lipinski definition) is 4. The second kappa shape index (κ2) is 7.63. The number of hydrogen-bond donors (Lipinski definition) is 3. The molecule has 0 radical (unpaired) electrons. The number of aryl methyl sites for hydroxylation is 1. The number of amides is 1. The van der Waals surface area contributed by atoms with E-state index in [2.05, 4.69) is 27.8 Å². The molecule has 0 unspecified atom stereocenters. The number of aromatic amines is 1. The van der Waals surface area contributed by atoms with E-state index in [0.29, 0.717) is 23.6 Å². The Morgan fingerprint density at radius 3 is 2.56 bits per heavy atom. The van der Waals surface area contributed by atoms with Crippen molar-refractivity contribution in [1.82, 2.24) is 15.6 Å². The van der Waals surface area contributed by atoms with Crippen LogP contribution in [0, 0.1) is 6.92 Å². The number of rotatable bonds is 6. The number of nitrogens with one attached hydrogen (secondary N) is 2. The van der Waals surface area contributed by atoms with Crippen LogP contribution in [0.25, 0.3) is 11.3 Å². The molecular formula is C19H20N4O2. The monoisotopic (exact) mass is 336 g/mol. The molecule has 128 valence electrons. The predicted octanol–water partition coefficient (Wildman–Crippen LogP) is 2.61. The number of nitrogen functional groups attached to an aromatic ring is 1. The maximum absolute atomic E-state index is 11.9. The summed E-state index contributed by atoms with van der Waals surface area (Å²) in [5, 5.41) is 7.02. The van der Waals surface area contributed by atoms with Crippen LogP contribution in [0.15, 0.2) is 54.6 Å². The van der Waals surface area contributed by atoms with E-state index in [1.807, 2.05) is 42.5 Å². The highest BCUT2D eigenvalue weighted by molar-refractivity contribution is 6.00. The molecule has 4 N–H and O–H groups in total. The van der Waals surface area contributed by atoms with Crippen molar-refractivity contribution in [2.24, 2.45) is 5.84 Å². The molecule has 2 aromatic carbocycles. The van der Waals surface area contributed by atoms with Gasteiger partial charge in [0.15, 0.2) is 0 Å². The lowest BCUT2D eigenvalue weighted by atomic mass is 10.1. The number of nitrogens with zero attached hydrogens (tertiary/aromatic N) is 1. The number of H-pyrrole nitrogens is 1. The molecule has 3 aromatic rings. The van der Waals surface area contributed by atoms with Crippen molar-refractivity contribution >= 4 is 5.91 Å². The van der Waals surface area contributed by atoms with Crippen molar-refractivity contribution in [3.8, 4) is 17.0 Å². The number of benzene rings is 2. The standard InChI is InChI=1S/C19H20N4O2/c1-13-17(19(24)21-20)18(23-22-13)15-7-9-16(10-8-15)25-12-11-14-5-3-2-4-6-14/h2-10H,11-12,20H2,1H3,(H,21,24)(H,22,23). The zero-order chi connectivity index (χ0) is 17.6. The lowest BCUT2D eigenvalue weighted by Crippen LogP contribution is -2.30. The summed E-state index contributed by atoms with van der Waals surface area (Å²) < 4.78 is 5.78. The molecule has 0 saturated heterocycles. The third-order valence-corrected chi connectivity index (χ3v) is 3.94. The Morgan fingerprint density at radius 1 is 1.16 bits per heavy atom. The minimum atomic E-state index is -0.371.